The summed E-state index contributed by atoms with van der Waals surface area (Å²) in [5.74, 6) is -1.33. The van der Waals surface area contributed by atoms with Crippen LogP contribution in [0.25, 0.3) is 0 Å². The fourth-order valence-corrected chi connectivity index (χ4v) is 1.73. The maximum atomic E-state index is 13.3. The zero-order chi connectivity index (χ0) is 11.4. The van der Waals surface area contributed by atoms with Crippen LogP contribution in [0.4, 0.5) is 14.5 Å². The van der Waals surface area contributed by atoms with E-state index in [9.17, 15) is 8.78 Å². The molecule has 0 aromatic heterocycles. The van der Waals surface area contributed by atoms with Gasteiger partial charge in [-0.25, -0.2) is 8.78 Å². The first kappa shape index (κ1) is 12.3. The van der Waals surface area contributed by atoms with Crippen molar-refractivity contribution in [2.45, 2.75) is 6.92 Å². The molecule has 0 aliphatic rings. The van der Waals surface area contributed by atoms with Crippen LogP contribution >= 0.6 is 28.1 Å². The minimum atomic E-state index is -0.692. The summed E-state index contributed by atoms with van der Waals surface area (Å²) in [5.41, 5.74) is 0.127. The zero-order valence-electron chi connectivity index (χ0n) is 7.90. The Morgan fingerprint density at radius 2 is 2.13 bits per heavy atom. The van der Waals surface area contributed by atoms with Gasteiger partial charge in [-0.15, -0.1) is 0 Å². The summed E-state index contributed by atoms with van der Waals surface area (Å²) in [7, 11) is 0. The van der Waals surface area contributed by atoms with Gasteiger partial charge in [-0.1, -0.05) is 0 Å². The van der Waals surface area contributed by atoms with Gasteiger partial charge in [0.05, 0.1) is 5.69 Å². The Balaban J connectivity index is 2.90. The molecule has 0 atom stereocenters. The molecule has 1 aromatic rings. The van der Waals surface area contributed by atoms with Crippen LogP contribution in [0.2, 0.25) is 0 Å². The minimum Gasteiger partial charge on any atom is -0.363 e. The van der Waals surface area contributed by atoms with E-state index in [2.05, 4.69) is 26.6 Å². The second kappa shape index (κ2) is 5.37. The van der Waals surface area contributed by atoms with Gasteiger partial charge in [0.25, 0.3) is 0 Å². The lowest BCUT2D eigenvalue weighted by molar-refractivity contribution is 0.585. The molecule has 1 aromatic carbocycles. The summed E-state index contributed by atoms with van der Waals surface area (Å²) in [5, 5.41) is 5.74. The van der Waals surface area contributed by atoms with E-state index in [0.717, 1.165) is 6.07 Å². The molecule has 0 aliphatic carbocycles. The quantitative estimate of drug-likeness (QED) is 0.820. The molecule has 0 fully saturated rings. The Labute approximate surface area is 100 Å². The molecule has 0 radical (unpaired) electrons. The first-order valence-corrected chi connectivity index (χ1v) is 5.44. The van der Waals surface area contributed by atoms with Crippen LogP contribution in [0.15, 0.2) is 16.6 Å². The largest absolute Gasteiger partial charge is 0.363 e. The maximum absolute atomic E-state index is 13.3. The Hall–Kier alpha value is -0.750. The summed E-state index contributed by atoms with van der Waals surface area (Å²) in [4.78, 5) is 0. The Morgan fingerprint density at radius 1 is 1.47 bits per heavy atom. The molecule has 0 spiro atoms. The number of anilines is 1. The number of thiocarbonyl (C=S) groups is 1. The Morgan fingerprint density at radius 3 is 2.67 bits per heavy atom. The van der Waals surface area contributed by atoms with Crippen molar-refractivity contribution < 1.29 is 8.78 Å². The highest BCUT2D eigenvalue weighted by atomic mass is 79.9. The van der Waals surface area contributed by atoms with Crippen LogP contribution in [0.1, 0.15) is 6.92 Å². The Bertz CT molecular complexity index is 361. The molecule has 0 saturated carbocycles. The van der Waals surface area contributed by atoms with Gasteiger partial charge < -0.3 is 10.6 Å². The van der Waals surface area contributed by atoms with Gasteiger partial charge in [0.2, 0.25) is 0 Å². The zero-order valence-corrected chi connectivity index (χ0v) is 10.3. The van der Waals surface area contributed by atoms with Crippen LogP contribution in [0, 0.1) is 11.6 Å². The number of hydrogen-bond acceptors (Lipinski definition) is 1. The lowest BCUT2D eigenvalue weighted by atomic mass is 10.3. The van der Waals surface area contributed by atoms with Gasteiger partial charge in [0.15, 0.2) is 10.9 Å². The smallest absolute Gasteiger partial charge is 0.170 e. The van der Waals surface area contributed by atoms with Crippen LogP contribution < -0.4 is 10.6 Å². The van der Waals surface area contributed by atoms with E-state index >= 15 is 0 Å². The normalized spacial score (nSPS) is 9.87. The summed E-state index contributed by atoms with van der Waals surface area (Å²) < 4.78 is 26.3. The number of rotatable bonds is 2. The van der Waals surface area contributed by atoms with Crippen molar-refractivity contribution >= 4 is 38.9 Å². The lowest BCUT2D eigenvalue weighted by Gasteiger charge is -2.11. The molecule has 0 bridgehead atoms. The highest BCUT2D eigenvalue weighted by molar-refractivity contribution is 9.10. The van der Waals surface area contributed by atoms with Gasteiger partial charge in [-0.3, -0.25) is 0 Å². The van der Waals surface area contributed by atoms with Gasteiger partial charge in [0, 0.05) is 17.1 Å². The predicted octanol–water partition coefficient (Wildman–Crippen LogP) is 3.03. The number of benzene rings is 1. The van der Waals surface area contributed by atoms with E-state index in [1.165, 1.54) is 6.07 Å². The third-order valence-electron chi connectivity index (χ3n) is 1.58. The third kappa shape index (κ3) is 3.39. The van der Waals surface area contributed by atoms with Crippen LogP contribution in [0.3, 0.4) is 0 Å². The Kier molecular flexibility index (Phi) is 4.41. The molecule has 0 saturated heterocycles. The van der Waals surface area contributed by atoms with Gasteiger partial charge in [0.1, 0.15) is 5.82 Å². The molecular formula is C9H9BrF2N2S. The summed E-state index contributed by atoms with van der Waals surface area (Å²) in [6, 6.07) is 1.96. The molecule has 0 heterocycles. The third-order valence-corrected chi connectivity index (χ3v) is 2.45. The molecule has 0 amide bonds. The van der Waals surface area contributed by atoms with E-state index in [-0.39, 0.29) is 5.69 Å². The van der Waals surface area contributed by atoms with E-state index in [0.29, 0.717) is 16.1 Å². The van der Waals surface area contributed by atoms with Crippen molar-refractivity contribution in [3.8, 4) is 0 Å². The van der Waals surface area contributed by atoms with Crippen molar-refractivity contribution in [3.05, 3.63) is 28.2 Å². The first-order chi connectivity index (χ1) is 7.04. The standard InChI is InChI=1S/C9H9BrF2N2S/c1-2-13-9(15)14-8-6(10)3-5(11)4-7(8)12/h3-4H,2H2,1H3,(H2,13,14,15). The monoisotopic (exact) mass is 294 g/mol. The second-order valence-electron chi connectivity index (χ2n) is 2.73. The van der Waals surface area contributed by atoms with Crippen molar-refractivity contribution in [3.63, 3.8) is 0 Å². The van der Waals surface area contributed by atoms with E-state index in [1.54, 1.807) is 0 Å². The van der Waals surface area contributed by atoms with Crippen LogP contribution in [0.5, 0.6) is 0 Å². The summed E-state index contributed by atoms with van der Waals surface area (Å²) in [6.07, 6.45) is 0. The fourth-order valence-electron chi connectivity index (χ4n) is 0.980. The lowest BCUT2D eigenvalue weighted by Crippen LogP contribution is -2.28. The van der Waals surface area contributed by atoms with E-state index in [1.807, 2.05) is 6.92 Å². The molecule has 82 valence electrons. The molecule has 6 heteroatoms. The summed E-state index contributed by atoms with van der Waals surface area (Å²) >= 11 is 7.93. The first-order valence-electron chi connectivity index (χ1n) is 4.24. The molecular weight excluding hydrogens is 286 g/mol. The van der Waals surface area contributed by atoms with Crippen molar-refractivity contribution in [1.82, 2.24) is 5.32 Å². The minimum absolute atomic E-state index is 0.127. The van der Waals surface area contributed by atoms with Crippen molar-refractivity contribution in [1.29, 1.82) is 0 Å². The van der Waals surface area contributed by atoms with Gasteiger partial charge >= 0.3 is 0 Å². The van der Waals surface area contributed by atoms with E-state index in [4.69, 9.17) is 12.2 Å². The van der Waals surface area contributed by atoms with Gasteiger partial charge in [-0.2, -0.15) is 0 Å². The molecule has 15 heavy (non-hydrogen) atoms. The highest BCUT2D eigenvalue weighted by Crippen LogP contribution is 2.26. The number of nitrogens with one attached hydrogen (secondary N) is 2. The van der Waals surface area contributed by atoms with Crippen molar-refractivity contribution in [2.24, 2.45) is 0 Å². The number of halogens is 3. The molecule has 2 N–H and O–H groups in total. The van der Waals surface area contributed by atoms with E-state index < -0.39 is 11.6 Å². The van der Waals surface area contributed by atoms with Crippen LogP contribution in [-0.4, -0.2) is 11.7 Å². The van der Waals surface area contributed by atoms with Crippen molar-refractivity contribution in [2.75, 3.05) is 11.9 Å². The topological polar surface area (TPSA) is 24.1 Å². The average Bonchev–Trinajstić information content (AvgIpc) is 2.11. The number of hydrogen-bond donors (Lipinski definition) is 2. The van der Waals surface area contributed by atoms with Crippen LogP contribution in [-0.2, 0) is 0 Å². The fraction of sp³-hybridized carbons (Fsp3) is 0.222. The SMILES string of the molecule is CCNC(=S)Nc1c(F)cc(F)cc1Br. The molecule has 0 unspecified atom stereocenters. The second-order valence-corrected chi connectivity index (χ2v) is 3.99. The predicted molar refractivity (Wildman–Crippen MR) is 64.0 cm³/mol. The average molecular weight is 295 g/mol. The highest BCUT2D eigenvalue weighted by Gasteiger charge is 2.10. The molecule has 0 aliphatic heterocycles. The maximum Gasteiger partial charge on any atom is 0.170 e. The molecule has 2 nitrogen and oxygen atoms in total. The summed E-state index contributed by atoms with van der Waals surface area (Å²) in [6.45, 7) is 2.50. The van der Waals surface area contributed by atoms with Gasteiger partial charge in [-0.05, 0) is 41.1 Å². The molecule has 1 rings (SSSR count).